The zero-order valence-electron chi connectivity index (χ0n) is 13.8. The van der Waals surface area contributed by atoms with Crippen molar-refractivity contribution >= 4 is 28.8 Å². The number of hydrogen-bond acceptors (Lipinski definition) is 4. The van der Waals surface area contributed by atoms with E-state index in [0.29, 0.717) is 5.69 Å². The van der Waals surface area contributed by atoms with E-state index in [1.54, 1.807) is 6.92 Å². The number of rotatable bonds is 3. The number of benzene rings is 1. The van der Waals surface area contributed by atoms with Crippen LogP contribution in [-0.2, 0) is 27.2 Å². The van der Waals surface area contributed by atoms with Gasteiger partial charge in [-0.3, -0.25) is 19.3 Å². The number of ketones is 2. The summed E-state index contributed by atoms with van der Waals surface area (Å²) in [5.74, 6) is -0.837. The Balaban J connectivity index is 2.15. The second-order valence-electron chi connectivity index (χ2n) is 6.54. The summed E-state index contributed by atoms with van der Waals surface area (Å²) in [7, 11) is 0. The largest absolute Gasteiger partial charge is 0.372 e. The van der Waals surface area contributed by atoms with E-state index in [-0.39, 0.29) is 17.5 Å². The number of carbonyl (C=O) groups is 3. The quantitative estimate of drug-likeness (QED) is 0.869. The molecule has 122 valence electrons. The summed E-state index contributed by atoms with van der Waals surface area (Å²) in [6.45, 7) is 4.49. The Bertz CT molecular complexity index is 682. The number of nitrogens with zero attached hydrogens (tertiary/aromatic N) is 1. The minimum atomic E-state index is -1.03. The summed E-state index contributed by atoms with van der Waals surface area (Å²) >= 11 is 0. The van der Waals surface area contributed by atoms with Gasteiger partial charge in [-0.25, -0.2) is 0 Å². The molecule has 1 aliphatic carbocycles. The lowest BCUT2D eigenvalue weighted by atomic mass is 9.89. The van der Waals surface area contributed by atoms with Crippen LogP contribution in [0.15, 0.2) is 12.1 Å². The summed E-state index contributed by atoms with van der Waals surface area (Å²) in [5.41, 5.74) is 4.01. The van der Waals surface area contributed by atoms with Crippen molar-refractivity contribution in [2.75, 3.05) is 10.2 Å². The molecule has 3 rings (SSSR count). The summed E-state index contributed by atoms with van der Waals surface area (Å²) < 4.78 is 0. The van der Waals surface area contributed by atoms with Gasteiger partial charge < -0.3 is 5.32 Å². The van der Waals surface area contributed by atoms with E-state index < -0.39 is 12.1 Å². The van der Waals surface area contributed by atoms with Crippen molar-refractivity contribution in [3.05, 3.63) is 23.3 Å². The van der Waals surface area contributed by atoms with E-state index in [2.05, 4.69) is 11.4 Å². The topological polar surface area (TPSA) is 66.5 Å². The Morgan fingerprint density at radius 1 is 1.13 bits per heavy atom. The molecule has 0 aromatic heterocycles. The fourth-order valence-corrected chi connectivity index (χ4v) is 3.63. The second-order valence-corrected chi connectivity index (χ2v) is 6.54. The highest BCUT2D eigenvalue weighted by Gasteiger charge is 2.39. The molecule has 1 atom stereocenters. The van der Waals surface area contributed by atoms with Gasteiger partial charge in [-0.2, -0.15) is 0 Å². The smallest absolute Gasteiger partial charge is 0.250 e. The summed E-state index contributed by atoms with van der Waals surface area (Å²) in [4.78, 5) is 38.1. The minimum absolute atomic E-state index is 0.233. The lowest BCUT2D eigenvalue weighted by Crippen LogP contribution is -2.55. The second kappa shape index (κ2) is 5.80. The van der Waals surface area contributed by atoms with Crippen molar-refractivity contribution in [2.45, 2.75) is 58.5 Å². The first kappa shape index (κ1) is 15.7. The average Bonchev–Trinajstić information content (AvgIpc) is 2.49. The Morgan fingerprint density at radius 2 is 1.70 bits per heavy atom. The van der Waals surface area contributed by atoms with Crippen LogP contribution in [0.25, 0.3) is 0 Å². The maximum absolute atomic E-state index is 12.7. The first-order valence-corrected chi connectivity index (χ1v) is 8.16. The first-order chi connectivity index (χ1) is 10.9. The molecule has 0 bridgehead atoms. The van der Waals surface area contributed by atoms with Crippen LogP contribution in [0, 0.1) is 0 Å². The number of fused-ring (bicyclic) bond motifs is 2. The highest BCUT2D eigenvalue weighted by molar-refractivity contribution is 6.17. The van der Waals surface area contributed by atoms with Crippen LogP contribution in [0.4, 0.5) is 11.4 Å². The van der Waals surface area contributed by atoms with Crippen molar-refractivity contribution in [3.63, 3.8) is 0 Å². The van der Waals surface area contributed by atoms with Crippen LogP contribution in [0.5, 0.6) is 0 Å². The maximum Gasteiger partial charge on any atom is 0.250 e. The van der Waals surface area contributed by atoms with Crippen molar-refractivity contribution in [1.29, 1.82) is 0 Å². The van der Waals surface area contributed by atoms with Gasteiger partial charge in [0.2, 0.25) is 5.91 Å². The molecule has 1 aliphatic heterocycles. The Hall–Kier alpha value is -2.17. The molecule has 0 saturated carbocycles. The molecule has 0 fully saturated rings. The fraction of sp³-hybridized carbons (Fsp3) is 0.500. The van der Waals surface area contributed by atoms with Gasteiger partial charge in [0, 0.05) is 0 Å². The standard InChI is InChI=1S/C18H22N2O3/c1-10-18(23)20(17(11(2)21)12(3)22)16-9-14-7-5-4-6-13(14)8-15(16)19-10/h8-10,17,19H,4-7H2,1-3H3. The van der Waals surface area contributed by atoms with Gasteiger partial charge in [0.05, 0.1) is 11.4 Å². The Labute approximate surface area is 136 Å². The molecule has 0 radical (unpaired) electrons. The lowest BCUT2D eigenvalue weighted by Gasteiger charge is -2.38. The molecule has 1 amide bonds. The summed E-state index contributed by atoms with van der Waals surface area (Å²) in [5, 5.41) is 3.21. The fourth-order valence-electron chi connectivity index (χ4n) is 3.63. The molecule has 5 heteroatoms. The lowest BCUT2D eigenvalue weighted by molar-refractivity contribution is -0.130. The molecular weight excluding hydrogens is 292 g/mol. The Morgan fingerprint density at radius 3 is 2.26 bits per heavy atom. The molecule has 1 aromatic carbocycles. The predicted molar refractivity (Wildman–Crippen MR) is 88.8 cm³/mol. The van der Waals surface area contributed by atoms with E-state index in [4.69, 9.17) is 0 Å². The molecule has 2 aliphatic rings. The van der Waals surface area contributed by atoms with Gasteiger partial charge in [-0.15, -0.1) is 0 Å². The maximum atomic E-state index is 12.7. The first-order valence-electron chi connectivity index (χ1n) is 8.16. The molecule has 1 unspecified atom stereocenters. The van der Waals surface area contributed by atoms with Crippen LogP contribution >= 0.6 is 0 Å². The van der Waals surface area contributed by atoms with E-state index >= 15 is 0 Å². The number of amides is 1. The van der Waals surface area contributed by atoms with Gasteiger partial charge in [0.25, 0.3) is 0 Å². The Kier molecular flexibility index (Phi) is 3.96. The molecule has 1 N–H and O–H groups in total. The SMILES string of the molecule is CC(=O)C(C(C)=O)N1C(=O)C(C)Nc2cc3c(cc21)CCCC3. The molecule has 1 aromatic rings. The number of hydrogen-bond donors (Lipinski definition) is 1. The van der Waals surface area contributed by atoms with Crippen molar-refractivity contribution in [3.8, 4) is 0 Å². The van der Waals surface area contributed by atoms with E-state index in [9.17, 15) is 14.4 Å². The van der Waals surface area contributed by atoms with Crippen molar-refractivity contribution in [1.82, 2.24) is 0 Å². The molecule has 0 saturated heterocycles. The third kappa shape index (κ3) is 2.64. The third-order valence-electron chi connectivity index (χ3n) is 4.73. The van der Waals surface area contributed by atoms with Crippen LogP contribution in [-0.4, -0.2) is 29.6 Å². The number of carbonyl (C=O) groups excluding carboxylic acids is 3. The monoisotopic (exact) mass is 314 g/mol. The van der Waals surface area contributed by atoms with Crippen LogP contribution in [0.3, 0.4) is 0 Å². The van der Waals surface area contributed by atoms with Gasteiger partial charge >= 0.3 is 0 Å². The van der Waals surface area contributed by atoms with Gasteiger partial charge in [-0.1, -0.05) is 0 Å². The zero-order valence-corrected chi connectivity index (χ0v) is 13.8. The van der Waals surface area contributed by atoms with Gasteiger partial charge in [-0.05, 0) is 69.7 Å². The van der Waals surface area contributed by atoms with E-state index in [1.165, 1.54) is 36.3 Å². The highest BCUT2D eigenvalue weighted by atomic mass is 16.2. The predicted octanol–water partition coefficient (Wildman–Crippen LogP) is 2.26. The van der Waals surface area contributed by atoms with Crippen LogP contribution in [0.2, 0.25) is 0 Å². The normalized spacial score (nSPS) is 19.9. The molecular formula is C18H22N2O3. The van der Waals surface area contributed by atoms with Crippen LogP contribution < -0.4 is 10.2 Å². The molecule has 0 spiro atoms. The van der Waals surface area contributed by atoms with Gasteiger partial charge in [0.15, 0.2) is 17.6 Å². The molecule has 23 heavy (non-hydrogen) atoms. The summed E-state index contributed by atoms with van der Waals surface area (Å²) in [6, 6.07) is 2.58. The molecule has 5 nitrogen and oxygen atoms in total. The number of anilines is 2. The van der Waals surface area contributed by atoms with E-state index in [1.807, 2.05) is 6.07 Å². The highest BCUT2D eigenvalue weighted by Crippen LogP contribution is 2.38. The van der Waals surface area contributed by atoms with Crippen molar-refractivity contribution < 1.29 is 14.4 Å². The van der Waals surface area contributed by atoms with Gasteiger partial charge in [0.1, 0.15) is 6.04 Å². The number of Topliss-reactive ketones (excluding diaryl/α,β-unsaturated/α-hetero) is 2. The average molecular weight is 314 g/mol. The number of aryl methyl sites for hydroxylation is 2. The number of nitrogens with one attached hydrogen (secondary N) is 1. The van der Waals surface area contributed by atoms with E-state index in [0.717, 1.165) is 24.9 Å². The van der Waals surface area contributed by atoms with Crippen molar-refractivity contribution in [2.24, 2.45) is 0 Å². The molecule has 1 heterocycles. The summed E-state index contributed by atoms with van der Waals surface area (Å²) in [6.07, 6.45) is 4.32. The van der Waals surface area contributed by atoms with Crippen LogP contribution in [0.1, 0.15) is 44.7 Å². The zero-order chi connectivity index (χ0) is 16.7. The minimum Gasteiger partial charge on any atom is -0.372 e. The third-order valence-corrected chi connectivity index (χ3v) is 4.73.